The number of hydrogen-bond acceptors (Lipinski definition) is 4. The lowest BCUT2D eigenvalue weighted by Crippen LogP contribution is -2.09. The third-order valence-corrected chi connectivity index (χ3v) is 4.80. The third kappa shape index (κ3) is 2.18. The number of benzene rings is 1. The molecule has 2 aromatic rings. The second-order valence-corrected chi connectivity index (χ2v) is 6.24. The Morgan fingerprint density at radius 1 is 1.25 bits per heavy atom. The quantitative estimate of drug-likeness (QED) is 0.871. The molecule has 0 spiro atoms. The maximum Gasteiger partial charge on any atom is 0.206 e. The summed E-state index contributed by atoms with van der Waals surface area (Å²) in [6.07, 6.45) is 4.59. The van der Waals surface area contributed by atoms with Crippen molar-refractivity contribution in [3.05, 3.63) is 59.0 Å². The number of pyridine rings is 1. The summed E-state index contributed by atoms with van der Waals surface area (Å²) in [5, 5.41) is 0. The highest BCUT2D eigenvalue weighted by Gasteiger charge is 2.30. The van der Waals surface area contributed by atoms with Crippen LogP contribution in [0.25, 0.3) is 6.08 Å². The molecule has 1 aromatic heterocycles. The van der Waals surface area contributed by atoms with Crippen LogP contribution in [0.2, 0.25) is 0 Å². The standard InChI is InChI=1S/C14H10FNO3S/c15-11-4-3-10-6-13(20(17,18)14(10)7-11)9-19-12-2-1-5-16-8-12/h1-8H,9H2. The molecular formula is C14H10FNO3S. The molecule has 2 heterocycles. The third-order valence-electron chi connectivity index (χ3n) is 2.94. The van der Waals surface area contributed by atoms with Crippen LogP contribution in [-0.4, -0.2) is 20.0 Å². The lowest BCUT2D eigenvalue weighted by Gasteiger charge is -2.06. The van der Waals surface area contributed by atoms with Crippen LogP contribution >= 0.6 is 0 Å². The topological polar surface area (TPSA) is 56.3 Å². The molecule has 0 radical (unpaired) electrons. The van der Waals surface area contributed by atoms with Crippen molar-refractivity contribution in [2.24, 2.45) is 0 Å². The molecule has 1 aliphatic heterocycles. The van der Waals surface area contributed by atoms with E-state index in [1.807, 2.05) is 0 Å². The predicted molar refractivity (Wildman–Crippen MR) is 71.3 cm³/mol. The SMILES string of the molecule is O=S1(=O)C(COc2cccnc2)=Cc2ccc(F)cc21. The highest BCUT2D eigenvalue weighted by Crippen LogP contribution is 2.33. The Hall–Kier alpha value is -2.21. The zero-order valence-corrected chi connectivity index (χ0v) is 11.1. The molecule has 0 aliphatic carbocycles. The van der Waals surface area contributed by atoms with E-state index in [2.05, 4.69) is 4.98 Å². The number of rotatable bonds is 3. The first-order valence-corrected chi connectivity index (χ1v) is 7.34. The van der Waals surface area contributed by atoms with Gasteiger partial charge in [-0.15, -0.1) is 0 Å². The zero-order valence-electron chi connectivity index (χ0n) is 10.3. The van der Waals surface area contributed by atoms with Crippen molar-refractivity contribution in [1.82, 2.24) is 4.98 Å². The van der Waals surface area contributed by atoms with Gasteiger partial charge >= 0.3 is 0 Å². The minimum absolute atomic E-state index is 0.0118. The van der Waals surface area contributed by atoms with E-state index in [4.69, 9.17) is 4.74 Å². The van der Waals surface area contributed by atoms with Gasteiger partial charge in [-0.2, -0.15) is 0 Å². The molecule has 102 valence electrons. The maximum atomic E-state index is 13.2. The van der Waals surface area contributed by atoms with Crippen LogP contribution in [0.4, 0.5) is 4.39 Å². The van der Waals surface area contributed by atoms with Gasteiger partial charge in [0.2, 0.25) is 9.84 Å². The molecule has 20 heavy (non-hydrogen) atoms. The molecule has 1 aliphatic rings. The molecule has 0 fully saturated rings. The molecule has 0 unspecified atom stereocenters. The Morgan fingerprint density at radius 2 is 2.10 bits per heavy atom. The van der Waals surface area contributed by atoms with E-state index in [-0.39, 0.29) is 16.4 Å². The number of nitrogens with zero attached hydrogens (tertiary/aromatic N) is 1. The first-order chi connectivity index (χ1) is 9.57. The predicted octanol–water partition coefficient (Wildman–Crippen LogP) is 2.43. The van der Waals surface area contributed by atoms with Crippen LogP contribution in [0.3, 0.4) is 0 Å². The van der Waals surface area contributed by atoms with E-state index < -0.39 is 15.7 Å². The summed E-state index contributed by atoms with van der Waals surface area (Å²) < 4.78 is 43.0. The van der Waals surface area contributed by atoms with Crippen molar-refractivity contribution < 1.29 is 17.5 Å². The van der Waals surface area contributed by atoms with Crippen LogP contribution in [0.5, 0.6) is 5.75 Å². The molecule has 0 N–H and O–H groups in total. The molecule has 0 atom stereocenters. The summed E-state index contributed by atoms with van der Waals surface area (Å²) in [6.45, 7) is -0.107. The largest absolute Gasteiger partial charge is 0.487 e. The van der Waals surface area contributed by atoms with Gasteiger partial charge in [0.15, 0.2) is 0 Å². The number of sulfone groups is 1. The van der Waals surface area contributed by atoms with Crippen molar-refractivity contribution in [2.75, 3.05) is 6.61 Å². The van der Waals surface area contributed by atoms with E-state index in [9.17, 15) is 12.8 Å². The fourth-order valence-electron chi connectivity index (χ4n) is 1.96. The Balaban J connectivity index is 1.86. The lowest BCUT2D eigenvalue weighted by atomic mass is 10.2. The second-order valence-electron chi connectivity index (χ2n) is 4.27. The van der Waals surface area contributed by atoms with Crippen molar-refractivity contribution in [3.8, 4) is 5.75 Å². The van der Waals surface area contributed by atoms with E-state index in [1.54, 1.807) is 18.3 Å². The van der Waals surface area contributed by atoms with Crippen molar-refractivity contribution in [3.63, 3.8) is 0 Å². The Bertz CT molecular complexity index is 785. The van der Waals surface area contributed by atoms with Crippen LogP contribution in [0.15, 0.2) is 52.5 Å². The summed E-state index contributed by atoms with van der Waals surface area (Å²) in [6, 6.07) is 7.08. The molecule has 1 aromatic carbocycles. The van der Waals surface area contributed by atoms with Gasteiger partial charge in [-0.1, -0.05) is 6.07 Å². The monoisotopic (exact) mass is 291 g/mol. The van der Waals surface area contributed by atoms with E-state index in [0.717, 1.165) is 6.07 Å². The smallest absolute Gasteiger partial charge is 0.206 e. The summed E-state index contributed by atoms with van der Waals surface area (Å²) >= 11 is 0. The average Bonchev–Trinajstić information content (AvgIpc) is 2.69. The molecule has 6 heteroatoms. The second kappa shape index (κ2) is 4.72. The number of hydrogen-bond donors (Lipinski definition) is 0. The maximum absolute atomic E-state index is 13.2. The van der Waals surface area contributed by atoms with Crippen molar-refractivity contribution >= 4 is 15.9 Å². The zero-order chi connectivity index (χ0) is 14.2. The number of fused-ring (bicyclic) bond motifs is 1. The van der Waals surface area contributed by atoms with Gasteiger partial charge in [0.25, 0.3) is 0 Å². The van der Waals surface area contributed by atoms with Crippen molar-refractivity contribution in [1.29, 1.82) is 0 Å². The molecule has 0 saturated carbocycles. The summed E-state index contributed by atoms with van der Waals surface area (Å²) in [5.41, 5.74) is 0.483. The van der Waals surface area contributed by atoms with E-state index in [1.165, 1.54) is 24.4 Å². The van der Waals surface area contributed by atoms with Crippen LogP contribution < -0.4 is 4.74 Å². The molecule has 0 saturated heterocycles. The number of aromatic nitrogens is 1. The fraction of sp³-hybridized carbons (Fsp3) is 0.0714. The van der Waals surface area contributed by atoms with Gasteiger partial charge in [-0.05, 0) is 35.9 Å². The number of ether oxygens (including phenoxy) is 1. The average molecular weight is 291 g/mol. The molecule has 0 amide bonds. The normalized spacial score (nSPS) is 15.6. The first-order valence-electron chi connectivity index (χ1n) is 5.85. The molecule has 0 bridgehead atoms. The van der Waals surface area contributed by atoms with Gasteiger partial charge in [-0.25, -0.2) is 12.8 Å². The van der Waals surface area contributed by atoms with Crippen LogP contribution in [0.1, 0.15) is 5.56 Å². The minimum atomic E-state index is -3.66. The number of halogens is 1. The summed E-state index contributed by atoms with van der Waals surface area (Å²) in [7, 11) is -3.66. The first kappa shape index (κ1) is 12.8. The summed E-state index contributed by atoms with van der Waals surface area (Å²) in [5.74, 6) is -0.0964. The molecule has 4 nitrogen and oxygen atoms in total. The highest BCUT2D eigenvalue weighted by molar-refractivity contribution is 7.95. The van der Waals surface area contributed by atoms with E-state index in [0.29, 0.717) is 11.3 Å². The van der Waals surface area contributed by atoms with E-state index >= 15 is 0 Å². The Morgan fingerprint density at radius 3 is 2.85 bits per heavy atom. The van der Waals surface area contributed by atoms with Crippen LogP contribution in [0, 0.1) is 5.82 Å². The van der Waals surface area contributed by atoms with Crippen LogP contribution in [-0.2, 0) is 9.84 Å². The lowest BCUT2D eigenvalue weighted by molar-refractivity contribution is 0.357. The van der Waals surface area contributed by atoms with Gasteiger partial charge in [0, 0.05) is 6.20 Å². The molecular weight excluding hydrogens is 281 g/mol. The Labute approximate surface area is 115 Å². The summed E-state index contributed by atoms with van der Waals surface area (Å²) in [4.78, 5) is 3.97. The van der Waals surface area contributed by atoms with Gasteiger partial charge in [0.1, 0.15) is 18.2 Å². The minimum Gasteiger partial charge on any atom is -0.487 e. The highest BCUT2D eigenvalue weighted by atomic mass is 32.2. The van der Waals surface area contributed by atoms with Crippen molar-refractivity contribution in [2.45, 2.75) is 4.90 Å². The van der Waals surface area contributed by atoms with Gasteiger partial charge in [-0.3, -0.25) is 4.98 Å². The van der Waals surface area contributed by atoms with Gasteiger partial charge < -0.3 is 4.74 Å². The fourth-order valence-corrected chi connectivity index (χ4v) is 3.44. The van der Waals surface area contributed by atoms with Gasteiger partial charge in [0.05, 0.1) is 16.0 Å². The Kier molecular flexibility index (Phi) is 3.02. The molecule has 3 rings (SSSR count).